The number of rotatable bonds is 14. The zero-order valence-corrected chi connectivity index (χ0v) is 29.2. The second kappa shape index (κ2) is 16.8. The van der Waals surface area contributed by atoms with E-state index in [1.165, 1.54) is 29.5 Å². The van der Waals surface area contributed by atoms with Crippen molar-refractivity contribution >= 4 is 5.78 Å². The van der Waals surface area contributed by atoms with Gasteiger partial charge in [0.05, 0.1) is 33.0 Å². The maximum absolute atomic E-state index is 11.8. The first-order valence-corrected chi connectivity index (χ1v) is 18.5. The highest BCUT2D eigenvalue weighted by Crippen LogP contribution is 2.66. The van der Waals surface area contributed by atoms with E-state index in [1.807, 2.05) is 12.1 Å². The third kappa shape index (κ3) is 7.93. The van der Waals surface area contributed by atoms with Crippen molar-refractivity contribution in [3.05, 3.63) is 34.9 Å². The van der Waals surface area contributed by atoms with E-state index in [0.717, 1.165) is 88.7 Å². The summed E-state index contributed by atoms with van der Waals surface area (Å²) in [5.41, 5.74) is 2.91. The van der Waals surface area contributed by atoms with E-state index >= 15 is 0 Å². The van der Waals surface area contributed by atoms with Gasteiger partial charge >= 0.3 is 0 Å². The van der Waals surface area contributed by atoms with E-state index in [2.05, 4.69) is 32.8 Å². The van der Waals surface area contributed by atoms with Crippen LogP contribution in [-0.4, -0.2) is 56.3 Å². The molecule has 5 aliphatic rings. The Morgan fingerprint density at radius 2 is 1.60 bits per heavy atom. The first-order valence-electron chi connectivity index (χ1n) is 18.5. The second-order valence-corrected chi connectivity index (χ2v) is 14.3. The number of terminal acetylenes is 1. The molecule has 0 saturated heterocycles. The summed E-state index contributed by atoms with van der Waals surface area (Å²) in [6, 6.07) is 4.12. The van der Waals surface area contributed by atoms with Crippen LogP contribution in [0.3, 0.4) is 0 Å². The minimum Gasteiger partial charge on any atom is -0.454 e. The number of fused-ring (bicyclic) bond motifs is 6. The van der Waals surface area contributed by atoms with Crippen molar-refractivity contribution in [2.75, 3.05) is 39.8 Å². The molecule has 1 aromatic rings. The number of hydrogen-bond acceptors (Lipinski definition) is 7. The second-order valence-electron chi connectivity index (χ2n) is 14.3. The number of aliphatic hydroxyl groups is 1. The van der Waals surface area contributed by atoms with Crippen LogP contribution in [-0.2, 0) is 32.0 Å². The molecule has 7 heteroatoms. The average Bonchev–Trinajstić information content (AvgIpc) is 3.67. The average molecular weight is 651 g/mol. The summed E-state index contributed by atoms with van der Waals surface area (Å²) in [6.07, 6.45) is 21.3. The molecular formula is C40H58O7. The van der Waals surface area contributed by atoms with Crippen molar-refractivity contribution < 1.29 is 33.6 Å². The largest absolute Gasteiger partial charge is 0.454 e. The molecule has 3 fully saturated rings. The highest BCUT2D eigenvalue weighted by molar-refractivity contribution is 5.91. The van der Waals surface area contributed by atoms with Gasteiger partial charge in [-0.15, -0.1) is 6.42 Å². The molecule has 4 aliphatic carbocycles. The van der Waals surface area contributed by atoms with Crippen LogP contribution in [0.5, 0.6) is 11.5 Å². The number of benzene rings is 1. The van der Waals surface area contributed by atoms with Crippen molar-refractivity contribution in [2.24, 2.45) is 29.1 Å². The van der Waals surface area contributed by atoms with Crippen molar-refractivity contribution in [1.82, 2.24) is 0 Å². The molecule has 0 amide bonds. The lowest BCUT2D eigenvalue weighted by Crippen LogP contribution is -2.53. The van der Waals surface area contributed by atoms with Gasteiger partial charge in [0.1, 0.15) is 5.60 Å². The molecule has 1 aromatic carbocycles. The van der Waals surface area contributed by atoms with Gasteiger partial charge in [-0.25, -0.2) is 0 Å². The van der Waals surface area contributed by atoms with E-state index in [0.29, 0.717) is 69.3 Å². The number of unbranched alkanes of at least 4 members (excludes halogenated alkanes) is 1. The number of hydrogen-bond donors (Lipinski definition) is 1. The number of ether oxygens (including phenoxy) is 5. The standard InChI is InChI=1S/C21H28O2.C19H30O5/c1-3-20-11-9-17-16-8-6-15(22)13-14(16)5-7-18(17)19(20)10-12-21(20,23)4-2;1-3-5-7-20-8-9-21-10-11-22-14-17-13-19-18(23-15-24-19)12-16(17)6-4-2/h2,13,16-19,23H,3,5-12H2,1H3;12-13H,3-11,14-15H2,1-2H3/t16-,17+,18+,19-,20-,21-;/m0./s1. The lowest BCUT2D eigenvalue weighted by molar-refractivity contribution is -0.117. The summed E-state index contributed by atoms with van der Waals surface area (Å²) >= 11 is 0. The fraction of sp³-hybridized carbons (Fsp3) is 0.725. The van der Waals surface area contributed by atoms with Gasteiger partial charge in [-0.1, -0.05) is 45.1 Å². The maximum Gasteiger partial charge on any atom is 0.231 e. The first-order chi connectivity index (χ1) is 22.9. The Bertz CT molecular complexity index is 1270. The molecule has 7 nitrogen and oxygen atoms in total. The van der Waals surface area contributed by atoms with E-state index < -0.39 is 5.60 Å². The molecule has 0 unspecified atom stereocenters. The van der Waals surface area contributed by atoms with Crippen LogP contribution in [0, 0.1) is 41.4 Å². The lowest BCUT2D eigenvalue weighted by atomic mass is 9.49. The smallest absolute Gasteiger partial charge is 0.231 e. The molecule has 1 aliphatic heterocycles. The summed E-state index contributed by atoms with van der Waals surface area (Å²) in [7, 11) is 0. The van der Waals surface area contributed by atoms with Crippen LogP contribution < -0.4 is 9.47 Å². The summed E-state index contributed by atoms with van der Waals surface area (Å²) in [5, 5.41) is 11.1. The number of ketones is 1. The summed E-state index contributed by atoms with van der Waals surface area (Å²) in [5.74, 6) is 7.39. The minimum absolute atomic E-state index is 0.0609. The van der Waals surface area contributed by atoms with Crippen LogP contribution in [0.15, 0.2) is 23.8 Å². The molecule has 0 aromatic heterocycles. The van der Waals surface area contributed by atoms with Gasteiger partial charge < -0.3 is 28.8 Å². The van der Waals surface area contributed by atoms with E-state index in [4.69, 9.17) is 30.1 Å². The Morgan fingerprint density at radius 1 is 0.872 bits per heavy atom. The molecule has 3 saturated carbocycles. The highest BCUT2D eigenvalue weighted by atomic mass is 16.7. The van der Waals surface area contributed by atoms with Gasteiger partial charge in [-0.3, -0.25) is 4.79 Å². The Balaban J connectivity index is 0.000000184. The first kappa shape index (κ1) is 35.9. The molecule has 260 valence electrons. The number of carbonyl (C=O) groups excluding carboxylic acids is 1. The van der Waals surface area contributed by atoms with Crippen LogP contribution in [0.4, 0.5) is 0 Å². The van der Waals surface area contributed by atoms with Gasteiger partial charge in [0.15, 0.2) is 17.3 Å². The number of aryl methyl sites for hydroxylation is 1. The SMILES string of the molecule is C#C[C@]1(O)CC[C@H]2[C@@H]3CCC4=CC(=O)CC[C@@H]4[C@H]3CC[C@@]21CC.CCCCOCCOCCOCc1cc2c(cc1CCC)OCO2. The third-order valence-electron chi connectivity index (χ3n) is 11.9. The van der Waals surface area contributed by atoms with Crippen LogP contribution >= 0.6 is 0 Å². The van der Waals surface area contributed by atoms with E-state index in [9.17, 15) is 9.90 Å². The Labute approximate surface area is 283 Å². The summed E-state index contributed by atoms with van der Waals surface area (Å²) in [6.45, 7) is 10.7. The zero-order chi connectivity index (χ0) is 33.3. The Morgan fingerprint density at radius 3 is 2.30 bits per heavy atom. The molecule has 0 bridgehead atoms. The Hall–Kier alpha value is -2.37. The molecule has 47 heavy (non-hydrogen) atoms. The molecule has 6 atom stereocenters. The van der Waals surface area contributed by atoms with Gasteiger partial charge in [0.25, 0.3) is 0 Å². The predicted octanol–water partition coefficient (Wildman–Crippen LogP) is 7.60. The highest BCUT2D eigenvalue weighted by Gasteiger charge is 2.63. The van der Waals surface area contributed by atoms with Crippen LogP contribution in [0.2, 0.25) is 0 Å². The molecule has 0 radical (unpaired) electrons. The summed E-state index contributed by atoms with van der Waals surface area (Å²) < 4.78 is 27.6. The monoisotopic (exact) mass is 650 g/mol. The molecule has 1 heterocycles. The minimum atomic E-state index is -0.893. The van der Waals surface area contributed by atoms with Gasteiger partial charge in [0.2, 0.25) is 6.79 Å². The summed E-state index contributed by atoms with van der Waals surface area (Å²) in [4.78, 5) is 11.8. The van der Waals surface area contributed by atoms with Crippen LogP contribution in [0.1, 0.15) is 109 Å². The fourth-order valence-electron chi connectivity index (χ4n) is 9.49. The van der Waals surface area contributed by atoms with Crippen molar-refractivity contribution in [2.45, 2.75) is 116 Å². The van der Waals surface area contributed by atoms with Crippen molar-refractivity contribution in [1.29, 1.82) is 0 Å². The van der Waals surface area contributed by atoms with E-state index in [-0.39, 0.29) is 5.41 Å². The quantitative estimate of drug-likeness (QED) is 0.164. The molecule has 0 spiro atoms. The predicted molar refractivity (Wildman–Crippen MR) is 183 cm³/mol. The van der Waals surface area contributed by atoms with Gasteiger partial charge in [0, 0.05) is 18.4 Å². The van der Waals surface area contributed by atoms with Gasteiger partial charge in [-0.05, 0) is 117 Å². The lowest BCUT2D eigenvalue weighted by Gasteiger charge is -2.55. The topological polar surface area (TPSA) is 83.5 Å². The molecule has 6 rings (SSSR count). The molecule has 1 N–H and O–H groups in total. The van der Waals surface area contributed by atoms with Gasteiger partial charge in [-0.2, -0.15) is 0 Å². The fourth-order valence-corrected chi connectivity index (χ4v) is 9.49. The van der Waals surface area contributed by atoms with Crippen LogP contribution in [0.25, 0.3) is 0 Å². The van der Waals surface area contributed by atoms with E-state index in [1.54, 1.807) is 0 Å². The normalized spacial score (nSPS) is 30.4. The molecular weight excluding hydrogens is 592 g/mol. The van der Waals surface area contributed by atoms with Crippen molar-refractivity contribution in [3.8, 4) is 23.8 Å². The van der Waals surface area contributed by atoms with Crippen molar-refractivity contribution in [3.63, 3.8) is 0 Å². The maximum atomic E-state index is 11.8. The Kier molecular flexibility index (Phi) is 12.9. The number of carbonyl (C=O) groups is 1. The number of allylic oxidation sites excluding steroid dienone is 1. The third-order valence-corrected chi connectivity index (χ3v) is 11.9. The zero-order valence-electron chi connectivity index (χ0n) is 29.2.